The third kappa shape index (κ3) is 4.47. The molecule has 2 fully saturated rings. The molecule has 174 valence electrons. The van der Waals surface area contributed by atoms with Crippen LogP contribution < -0.4 is 10.8 Å². The van der Waals surface area contributed by atoms with Crippen molar-refractivity contribution >= 4 is 25.2 Å². The van der Waals surface area contributed by atoms with Gasteiger partial charge in [-0.1, -0.05) is 37.6 Å². The van der Waals surface area contributed by atoms with Gasteiger partial charge in [-0.25, -0.2) is 18.1 Å². The lowest BCUT2D eigenvalue weighted by Crippen LogP contribution is -2.37. The highest BCUT2D eigenvalue weighted by molar-refractivity contribution is 7.55. The monoisotopic (exact) mass is 489 g/mol. The molecular weight excluding hydrogens is 467 g/mol. The van der Waals surface area contributed by atoms with Crippen LogP contribution in [0.3, 0.4) is 0 Å². The highest BCUT2D eigenvalue weighted by Crippen LogP contribution is 2.55. The third-order valence-electron chi connectivity index (χ3n) is 5.66. The average Bonchev–Trinajstić information content (AvgIpc) is 2.97. The van der Waals surface area contributed by atoms with Crippen molar-refractivity contribution in [3.8, 4) is 0 Å². The van der Waals surface area contributed by atoms with Gasteiger partial charge in [0.25, 0.3) is 5.92 Å². The van der Waals surface area contributed by atoms with Gasteiger partial charge in [0.1, 0.15) is 5.82 Å². The van der Waals surface area contributed by atoms with Gasteiger partial charge in [0, 0.05) is 17.6 Å². The van der Waals surface area contributed by atoms with Gasteiger partial charge in [-0.2, -0.15) is 4.98 Å². The summed E-state index contributed by atoms with van der Waals surface area (Å²) in [5.41, 5.74) is -0.245. The smallest absolute Gasteiger partial charge is 0.348 e. The summed E-state index contributed by atoms with van der Waals surface area (Å²) in [6.45, 7) is 3.27. The average molecular weight is 490 g/mol. The molecule has 1 aromatic carbocycles. The number of aromatic nitrogens is 2. The first-order chi connectivity index (χ1) is 15.1. The van der Waals surface area contributed by atoms with Crippen molar-refractivity contribution in [3.05, 3.63) is 57.6 Å². The van der Waals surface area contributed by atoms with E-state index in [0.717, 1.165) is 16.3 Å². The van der Waals surface area contributed by atoms with E-state index in [-0.39, 0.29) is 12.4 Å². The van der Waals surface area contributed by atoms with Crippen LogP contribution in [0.1, 0.15) is 44.6 Å². The molecule has 1 aromatic heterocycles. The van der Waals surface area contributed by atoms with Crippen LogP contribution in [0.2, 0.25) is 5.02 Å². The van der Waals surface area contributed by atoms with Crippen LogP contribution in [0.15, 0.2) is 41.3 Å². The van der Waals surface area contributed by atoms with Crippen molar-refractivity contribution in [3.63, 3.8) is 0 Å². The minimum absolute atomic E-state index is 0.122. The maximum absolute atomic E-state index is 14.7. The Kier molecular flexibility index (Phi) is 6.44. The molecule has 5 atom stereocenters. The van der Waals surface area contributed by atoms with Gasteiger partial charge in [-0.15, -0.1) is 0 Å². The zero-order valence-corrected chi connectivity index (χ0v) is 19.1. The van der Waals surface area contributed by atoms with E-state index in [4.69, 9.17) is 25.4 Å². The van der Waals surface area contributed by atoms with Gasteiger partial charge < -0.3 is 4.74 Å². The second kappa shape index (κ2) is 8.83. The summed E-state index contributed by atoms with van der Waals surface area (Å²) in [4.78, 5) is 16.2. The van der Waals surface area contributed by atoms with Crippen molar-refractivity contribution in [2.24, 2.45) is 5.92 Å². The van der Waals surface area contributed by atoms with Gasteiger partial charge >= 0.3 is 13.4 Å². The molecule has 2 aromatic rings. The normalized spacial score (nSPS) is 32.0. The molecule has 2 unspecified atom stereocenters. The first-order valence-electron chi connectivity index (χ1n) is 10.2. The molecule has 2 aliphatic heterocycles. The number of benzene rings is 1. The fourth-order valence-electron chi connectivity index (χ4n) is 3.86. The predicted molar refractivity (Wildman–Crippen MR) is 114 cm³/mol. The first kappa shape index (κ1) is 23.3. The van der Waals surface area contributed by atoms with E-state index in [2.05, 4.69) is 10.1 Å². The quantitative estimate of drug-likeness (QED) is 0.579. The zero-order chi connectivity index (χ0) is 23.1. The largest absolute Gasteiger partial charge is 0.434 e. The first-order valence-corrected chi connectivity index (χ1v) is 12.1. The second-order valence-electron chi connectivity index (χ2n) is 7.78. The number of nitrogens with one attached hydrogen (secondary N) is 1. The maximum Gasteiger partial charge on any atom is 0.434 e. The van der Waals surface area contributed by atoms with Gasteiger partial charge in [-0.05, 0) is 30.2 Å². The number of halogens is 3. The van der Waals surface area contributed by atoms with E-state index in [1.165, 1.54) is 13.0 Å². The second-order valence-corrected chi connectivity index (χ2v) is 9.91. The molecule has 8 nitrogen and oxygen atoms in total. The van der Waals surface area contributed by atoms with Gasteiger partial charge in [-0.3, -0.25) is 18.7 Å². The summed E-state index contributed by atoms with van der Waals surface area (Å²) in [6, 6.07) is 8.20. The molecule has 0 saturated carbocycles. The molecule has 0 radical (unpaired) electrons. The Morgan fingerprint density at radius 3 is 2.81 bits per heavy atom. The van der Waals surface area contributed by atoms with Crippen LogP contribution in [0, 0.1) is 5.92 Å². The molecule has 0 bridgehead atoms. The number of hydrogen-bond donors (Lipinski definition) is 1. The molecule has 0 aliphatic carbocycles. The number of alkyl halides is 2. The van der Waals surface area contributed by atoms with Crippen LogP contribution in [0.5, 0.6) is 0 Å². The lowest BCUT2D eigenvalue weighted by molar-refractivity contribution is -0.125. The topological polar surface area (TPSA) is 91.7 Å². The standard InChI is InChI=1S/C20H23ClF2N3O5P/c1-3-15-12(2)20(22,23)18(30-15)26-9-7-17(24-19(26)27)25-32(28)29-10-8-16(31-32)13-5-4-6-14(21)11-13/h4-7,9,11-12,15-16,18H,3,8,10H2,1-2H3,(H,24,25,27,28)/t12-,15+,16?,18+,32?/m0/s1. The van der Waals surface area contributed by atoms with E-state index in [0.29, 0.717) is 17.9 Å². The van der Waals surface area contributed by atoms with E-state index < -0.39 is 43.7 Å². The van der Waals surface area contributed by atoms with E-state index in [1.54, 1.807) is 31.2 Å². The maximum atomic E-state index is 14.7. The Bertz CT molecular complexity index is 1100. The molecule has 1 N–H and O–H groups in total. The number of hydrogen-bond acceptors (Lipinski definition) is 6. The predicted octanol–water partition coefficient (Wildman–Crippen LogP) is 5.17. The summed E-state index contributed by atoms with van der Waals surface area (Å²) in [5.74, 6) is -4.42. The summed E-state index contributed by atoms with van der Waals surface area (Å²) in [7, 11) is -3.87. The third-order valence-corrected chi connectivity index (χ3v) is 7.45. The number of rotatable bonds is 5. The van der Waals surface area contributed by atoms with Crippen molar-refractivity contribution in [2.45, 2.75) is 51.0 Å². The molecular formula is C20H23ClF2N3O5P. The van der Waals surface area contributed by atoms with E-state index in [1.807, 2.05) is 0 Å². The van der Waals surface area contributed by atoms with E-state index >= 15 is 0 Å². The van der Waals surface area contributed by atoms with E-state index in [9.17, 15) is 18.1 Å². The molecule has 12 heteroatoms. The van der Waals surface area contributed by atoms with Crippen LogP contribution in [-0.4, -0.2) is 28.2 Å². The SMILES string of the molecule is CC[C@H]1O[C@@H](n2ccc(NP3(=O)OCCC(c4cccc(Cl)c4)O3)nc2=O)C(F)(F)[C@H]1C. The number of anilines is 1. The summed E-state index contributed by atoms with van der Waals surface area (Å²) in [5, 5.41) is 3.02. The molecule has 4 rings (SSSR count). The van der Waals surface area contributed by atoms with Gasteiger partial charge in [0.15, 0.2) is 0 Å². The number of ether oxygens (including phenoxy) is 1. The van der Waals surface area contributed by atoms with Crippen molar-refractivity contribution < 1.29 is 27.1 Å². The van der Waals surface area contributed by atoms with Crippen molar-refractivity contribution in [1.82, 2.24) is 9.55 Å². The fourth-order valence-corrected chi connectivity index (χ4v) is 5.55. The highest BCUT2D eigenvalue weighted by Gasteiger charge is 2.57. The molecule has 0 spiro atoms. The Morgan fingerprint density at radius 2 is 2.16 bits per heavy atom. The lowest BCUT2D eigenvalue weighted by atomic mass is 9.98. The van der Waals surface area contributed by atoms with Crippen LogP contribution in [0.25, 0.3) is 0 Å². The van der Waals surface area contributed by atoms with Crippen molar-refractivity contribution in [1.29, 1.82) is 0 Å². The number of nitrogens with zero attached hydrogens (tertiary/aromatic N) is 2. The molecule has 2 saturated heterocycles. The Morgan fingerprint density at radius 1 is 1.38 bits per heavy atom. The fraction of sp³-hybridized carbons (Fsp3) is 0.500. The Hall–Kier alpha value is -1.84. The molecule has 32 heavy (non-hydrogen) atoms. The molecule has 0 amide bonds. The highest BCUT2D eigenvalue weighted by atomic mass is 35.5. The van der Waals surface area contributed by atoms with Crippen LogP contribution in [-0.2, 0) is 18.3 Å². The molecule has 3 heterocycles. The van der Waals surface area contributed by atoms with Crippen LogP contribution in [0.4, 0.5) is 14.6 Å². The Labute approximate surface area is 188 Å². The zero-order valence-electron chi connectivity index (χ0n) is 17.4. The minimum atomic E-state index is -3.87. The summed E-state index contributed by atoms with van der Waals surface area (Å²) < 4.78 is 59.5. The Balaban J connectivity index is 1.52. The lowest BCUT2D eigenvalue weighted by Gasteiger charge is -2.30. The molecule has 2 aliphatic rings. The van der Waals surface area contributed by atoms with Gasteiger partial charge in [0.2, 0.25) is 6.23 Å². The van der Waals surface area contributed by atoms with Crippen molar-refractivity contribution in [2.75, 3.05) is 11.7 Å². The minimum Gasteiger partial charge on any atom is -0.348 e. The summed E-state index contributed by atoms with van der Waals surface area (Å²) in [6.07, 6.45) is -1.01. The van der Waals surface area contributed by atoms with Gasteiger partial charge in [0.05, 0.1) is 24.7 Å². The van der Waals surface area contributed by atoms with Crippen LogP contribution >= 0.6 is 19.3 Å². The summed E-state index contributed by atoms with van der Waals surface area (Å²) >= 11 is 6.02.